The van der Waals surface area contributed by atoms with Gasteiger partial charge in [-0.05, 0) is 42.0 Å². The molecule has 0 saturated heterocycles. The molecular formula is C29H27BrN2O4. The largest absolute Gasteiger partial charge is 0.494 e. The molecule has 0 bridgehead atoms. The van der Waals surface area contributed by atoms with E-state index in [1.165, 1.54) is 0 Å². The molecule has 3 aromatic carbocycles. The Labute approximate surface area is 219 Å². The maximum atomic E-state index is 14.2. The van der Waals surface area contributed by atoms with E-state index < -0.39 is 11.6 Å². The second kappa shape index (κ2) is 10.3. The molecule has 2 atom stereocenters. The number of anilines is 1. The SMILES string of the molecule is C=CCN1C(=O)[C@]2(Cc3ccccc31)N=C(c1ccc(OCCCO)cc1)O[C@@H]2c1ccccc1Br. The van der Waals surface area contributed by atoms with Crippen LogP contribution in [0.4, 0.5) is 5.69 Å². The molecule has 0 aliphatic carbocycles. The number of nitrogens with zero attached hydrogens (tertiary/aromatic N) is 2. The minimum absolute atomic E-state index is 0.0846. The van der Waals surface area contributed by atoms with Crippen molar-refractivity contribution in [2.45, 2.75) is 24.5 Å². The maximum Gasteiger partial charge on any atom is 0.259 e. The van der Waals surface area contributed by atoms with Crippen molar-refractivity contribution < 1.29 is 19.4 Å². The summed E-state index contributed by atoms with van der Waals surface area (Å²) in [5.41, 5.74) is 2.39. The number of hydrogen-bond acceptors (Lipinski definition) is 5. The highest BCUT2D eigenvalue weighted by molar-refractivity contribution is 9.10. The molecule has 6 nitrogen and oxygen atoms in total. The number of amides is 1. The van der Waals surface area contributed by atoms with Crippen LogP contribution in [-0.2, 0) is 16.0 Å². The number of aliphatic hydroxyl groups is 1. The average Bonchev–Trinajstić information content (AvgIpc) is 3.27. The lowest BCUT2D eigenvalue weighted by Crippen LogP contribution is -2.55. The van der Waals surface area contributed by atoms with Gasteiger partial charge >= 0.3 is 0 Å². The summed E-state index contributed by atoms with van der Waals surface area (Å²) in [6.45, 7) is 4.77. The first-order valence-corrected chi connectivity index (χ1v) is 12.7. The summed E-state index contributed by atoms with van der Waals surface area (Å²) < 4.78 is 13.1. The molecule has 7 heteroatoms. The van der Waals surface area contributed by atoms with Crippen molar-refractivity contribution in [2.24, 2.45) is 4.99 Å². The van der Waals surface area contributed by atoms with E-state index in [-0.39, 0.29) is 12.5 Å². The Morgan fingerprint density at radius 2 is 1.89 bits per heavy atom. The van der Waals surface area contributed by atoms with E-state index in [0.717, 1.165) is 26.9 Å². The van der Waals surface area contributed by atoms with Gasteiger partial charge in [-0.2, -0.15) is 0 Å². The number of hydrogen-bond donors (Lipinski definition) is 1. The quantitative estimate of drug-likeness (QED) is 0.309. The summed E-state index contributed by atoms with van der Waals surface area (Å²) in [5, 5.41) is 8.97. The number of halogens is 1. The average molecular weight is 547 g/mol. The third-order valence-corrected chi connectivity index (χ3v) is 7.22. The molecule has 0 radical (unpaired) electrons. The highest BCUT2D eigenvalue weighted by Crippen LogP contribution is 2.48. The van der Waals surface area contributed by atoms with Crippen molar-refractivity contribution in [1.82, 2.24) is 0 Å². The van der Waals surface area contributed by atoms with Crippen LogP contribution in [0.5, 0.6) is 5.75 Å². The van der Waals surface area contributed by atoms with Gasteiger partial charge in [0, 0.05) is 47.3 Å². The number of aliphatic imine (C=N–C) groups is 1. The Hall–Kier alpha value is -3.42. The number of rotatable bonds is 8. The Balaban J connectivity index is 1.59. The van der Waals surface area contributed by atoms with Crippen molar-refractivity contribution >= 4 is 33.4 Å². The number of aliphatic hydroxyl groups excluding tert-OH is 1. The van der Waals surface area contributed by atoms with Crippen LogP contribution in [0.25, 0.3) is 0 Å². The molecule has 184 valence electrons. The number of ether oxygens (including phenoxy) is 2. The van der Waals surface area contributed by atoms with Crippen LogP contribution in [0.1, 0.15) is 29.2 Å². The lowest BCUT2D eigenvalue weighted by molar-refractivity contribution is -0.126. The molecule has 5 rings (SSSR count). The number of carbonyl (C=O) groups excluding carboxylic acids is 1. The lowest BCUT2D eigenvalue weighted by atomic mass is 9.78. The fourth-order valence-electron chi connectivity index (χ4n) is 4.80. The molecule has 2 heterocycles. The van der Waals surface area contributed by atoms with Crippen LogP contribution < -0.4 is 9.64 Å². The molecule has 0 saturated carbocycles. The second-order valence-electron chi connectivity index (χ2n) is 8.82. The third-order valence-electron chi connectivity index (χ3n) is 6.49. The van der Waals surface area contributed by atoms with Crippen molar-refractivity contribution in [3.05, 3.63) is 107 Å². The third kappa shape index (κ3) is 4.33. The summed E-state index contributed by atoms with van der Waals surface area (Å²) in [6, 6.07) is 23.2. The van der Waals surface area contributed by atoms with Gasteiger partial charge in [0.05, 0.1) is 6.61 Å². The van der Waals surface area contributed by atoms with Crippen molar-refractivity contribution in [3.8, 4) is 5.75 Å². The zero-order valence-corrected chi connectivity index (χ0v) is 21.4. The molecule has 0 unspecified atom stereocenters. The van der Waals surface area contributed by atoms with Gasteiger partial charge < -0.3 is 19.5 Å². The first kappa shape index (κ1) is 24.3. The molecule has 3 aromatic rings. The van der Waals surface area contributed by atoms with Crippen molar-refractivity contribution in [1.29, 1.82) is 0 Å². The highest BCUT2D eigenvalue weighted by atomic mass is 79.9. The fourth-order valence-corrected chi connectivity index (χ4v) is 5.29. The summed E-state index contributed by atoms with van der Waals surface area (Å²) in [6.07, 6.45) is 2.11. The molecule has 2 aliphatic rings. The number of para-hydroxylation sites is 1. The predicted octanol–water partition coefficient (Wildman–Crippen LogP) is 5.24. The minimum Gasteiger partial charge on any atom is -0.494 e. The molecule has 36 heavy (non-hydrogen) atoms. The van der Waals surface area contributed by atoms with Gasteiger partial charge in [0.15, 0.2) is 11.6 Å². The second-order valence-corrected chi connectivity index (χ2v) is 9.67. The van der Waals surface area contributed by atoms with Crippen molar-refractivity contribution in [3.63, 3.8) is 0 Å². The van der Waals surface area contributed by atoms with Gasteiger partial charge in [-0.25, -0.2) is 4.99 Å². The van der Waals surface area contributed by atoms with E-state index in [2.05, 4.69) is 22.5 Å². The highest BCUT2D eigenvalue weighted by Gasteiger charge is 2.57. The Bertz CT molecular complexity index is 1310. The molecule has 0 aromatic heterocycles. The van der Waals surface area contributed by atoms with E-state index in [9.17, 15) is 4.79 Å². The van der Waals surface area contributed by atoms with Gasteiger partial charge in [-0.1, -0.05) is 58.4 Å². The number of carbonyl (C=O) groups is 1. The summed E-state index contributed by atoms with van der Waals surface area (Å²) in [5.74, 6) is 1.01. The van der Waals surface area contributed by atoms with Crippen molar-refractivity contribution in [2.75, 3.05) is 24.7 Å². The zero-order valence-electron chi connectivity index (χ0n) is 19.8. The first-order chi connectivity index (χ1) is 17.6. The van der Waals surface area contributed by atoms with E-state index in [1.54, 1.807) is 11.0 Å². The molecule has 2 aliphatic heterocycles. The lowest BCUT2D eigenvalue weighted by Gasteiger charge is -2.40. The van der Waals surface area contributed by atoms with Gasteiger partial charge in [0.2, 0.25) is 5.90 Å². The molecule has 0 fully saturated rings. The Kier molecular flexibility index (Phi) is 6.94. The minimum atomic E-state index is -1.16. The number of fused-ring (bicyclic) bond motifs is 1. The first-order valence-electron chi connectivity index (χ1n) is 11.9. The van der Waals surface area contributed by atoms with Crippen LogP contribution in [0, 0.1) is 0 Å². The molecular weight excluding hydrogens is 520 g/mol. The van der Waals surface area contributed by atoms with E-state index in [4.69, 9.17) is 19.6 Å². The maximum absolute atomic E-state index is 14.2. The van der Waals surface area contributed by atoms with Crippen LogP contribution in [0.15, 0.2) is 94.9 Å². The van der Waals surface area contributed by atoms with E-state index >= 15 is 0 Å². The molecule has 1 N–H and O–H groups in total. The predicted molar refractivity (Wildman–Crippen MR) is 144 cm³/mol. The fraction of sp³-hybridized carbons (Fsp3) is 0.241. The van der Waals surface area contributed by atoms with Crippen LogP contribution in [0.2, 0.25) is 0 Å². The smallest absolute Gasteiger partial charge is 0.259 e. The summed E-state index contributed by atoms with van der Waals surface area (Å²) >= 11 is 3.66. The van der Waals surface area contributed by atoms with Crippen LogP contribution >= 0.6 is 15.9 Å². The van der Waals surface area contributed by atoms with Gasteiger partial charge in [0.25, 0.3) is 5.91 Å². The standard InChI is InChI=1S/C29H27BrN2O4/c1-2-16-32-25-11-6-3-8-21(25)19-29(28(32)34)26(23-9-4-5-10-24(23)30)36-27(31-29)20-12-14-22(15-13-20)35-18-7-17-33/h2-6,8-15,26,33H,1,7,16-19H2/t26-,29-/m1/s1. The van der Waals surface area contributed by atoms with Gasteiger partial charge in [-0.3, -0.25) is 4.79 Å². The zero-order chi connectivity index (χ0) is 25.1. The normalized spacial score (nSPS) is 20.6. The summed E-state index contributed by atoms with van der Waals surface area (Å²) in [7, 11) is 0. The number of benzene rings is 3. The van der Waals surface area contributed by atoms with Crippen LogP contribution in [-0.4, -0.2) is 42.2 Å². The van der Waals surface area contributed by atoms with E-state index in [1.807, 2.05) is 72.8 Å². The monoisotopic (exact) mass is 546 g/mol. The van der Waals surface area contributed by atoms with Gasteiger partial charge in [-0.15, -0.1) is 6.58 Å². The van der Waals surface area contributed by atoms with Gasteiger partial charge in [0.1, 0.15) is 5.75 Å². The Morgan fingerprint density at radius 3 is 2.64 bits per heavy atom. The summed E-state index contributed by atoms with van der Waals surface area (Å²) in [4.78, 5) is 21.0. The molecule has 1 amide bonds. The topological polar surface area (TPSA) is 71.4 Å². The van der Waals surface area contributed by atoms with E-state index in [0.29, 0.717) is 37.6 Å². The molecule has 1 spiro atoms. The van der Waals surface area contributed by atoms with Crippen LogP contribution in [0.3, 0.4) is 0 Å². The Morgan fingerprint density at radius 1 is 1.14 bits per heavy atom.